The number of carbonyl (C=O) groups excluding carboxylic acids is 1. The van der Waals surface area contributed by atoms with Gasteiger partial charge in [0.15, 0.2) is 0 Å². The largest absolute Gasteiger partial charge is 0.361 e. The molecule has 8 heteroatoms. The minimum Gasteiger partial charge on any atom is -0.361 e. The highest BCUT2D eigenvalue weighted by molar-refractivity contribution is 7.81. The summed E-state index contributed by atoms with van der Waals surface area (Å²) < 4.78 is 0. The number of aryl methyl sites for hydroxylation is 1. The van der Waals surface area contributed by atoms with Gasteiger partial charge in [-0.25, -0.2) is 4.79 Å². The van der Waals surface area contributed by atoms with Crippen LogP contribution in [0, 0.1) is 0 Å². The predicted octanol–water partition coefficient (Wildman–Crippen LogP) is 5.71. The van der Waals surface area contributed by atoms with E-state index in [2.05, 4.69) is 63.3 Å². The molecule has 188 valence electrons. The standard InChI is InChI=1S/C28H32ClN5OS/c29-23-12-13-25(34-28(36)31-16-14-22-19-32-26-11-5-4-10-24(22)26)21(17-23)9-6-15-30-27(35)33-18-20-7-2-1-3-8-20/h1-5,7-8,10-13,17,19,28,31-32,34,36H,6,9,14-16,18H2,(H2,30,33,35). The fourth-order valence-corrected chi connectivity index (χ4v) is 4.57. The molecular formula is C28H32ClN5OS. The molecule has 6 nitrogen and oxygen atoms in total. The second-order valence-electron chi connectivity index (χ2n) is 8.61. The Hall–Kier alpha value is -3.13. The SMILES string of the molecule is O=C(NCCCc1cc(Cl)ccc1NC(S)NCCc1c[nH]c2ccccc12)NCc1ccccc1. The van der Waals surface area contributed by atoms with Gasteiger partial charge in [0.2, 0.25) is 0 Å². The van der Waals surface area contributed by atoms with Crippen molar-refractivity contribution in [2.24, 2.45) is 0 Å². The molecule has 1 heterocycles. The van der Waals surface area contributed by atoms with Gasteiger partial charge in [0.25, 0.3) is 0 Å². The van der Waals surface area contributed by atoms with E-state index in [4.69, 9.17) is 11.6 Å². The van der Waals surface area contributed by atoms with E-state index >= 15 is 0 Å². The van der Waals surface area contributed by atoms with E-state index in [-0.39, 0.29) is 11.5 Å². The van der Waals surface area contributed by atoms with Crippen LogP contribution < -0.4 is 21.3 Å². The van der Waals surface area contributed by atoms with Crippen molar-refractivity contribution in [1.82, 2.24) is 20.9 Å². The van der Waals surface area contributed by atoms with Crippen molar-refractivity contribution in [2.45, 2.75) is 31.3 Å². The highest BCUT2D eigenvalue weighted by Gasteiger charge is 2.09. The fraction of sp³-hybridized carbons (Fsp3) is 0.250. The third-order valence-corrected chi connectivity index (χ3v) is 6.52. The highest BCUT2D eigenvalue weighted by Crippen LogP contribution is 2.23. The molecule has 0 fully saturated rings. The number of carbonyl (C=O) groups is 1. The van der Waals surface area contributed by atoms with Gasteiger partial charge in [-0.2, -0.15) is 0 Å². The summed E-state index contributed by atoms with van der Waals surface area (Å²) >= 11 is 10.9. The number of para-hydroxylation sites is 1. The van der Waals surface area contributed by atoms with Gasteiger partial charge < -0.3 is 20.9 Å². The zero-order chi connectivity index (χ0) is 25.2. The summed E-state index contributed by atoms with van der Waals surface area (Å²) in [6.07, 6.45) is 4.53. The topological polar surface area (TPSA) is 81.0 Å². The van der Waals surface area contributed by atoms with Crippen LogP contribution in [0.25, 0.3) is 10.9 Å². The number of thiol groups is 1. The molecule has 4 aromatic rings. The number of amides is 2. The molecule has 1 unspecified atom stereocenters. The van der Waals surface area contributed by atoms with E-state index < -0.39 is 0 Å². The zero-order valence-electron chi connectivity index (χ0n) is 20.1. The van der Waals surface area contributed by atoms with E-state index in [0.29, 0.717) is 18.1 Å². The first-order valence-corrected chi connectivity index (χ1v) is 13.0. The van der Waals surface area contributed by atoms with E-state index in [0.717, 1.165) is 48.1 Å². The number of rotatable bonds is 12. The molecule has 4 rings (SSSR count). The Morgan fingerprint density at radius 3 is 2.58 bits per heavy atom. The van der Waals surface area contributed by atoms with Crippen LogP contribution in [0.15, 0.2) is 79.0 Å². The number of anilines is 1. The number of halogens is 1. The number of fused-ring (bicyclic) bond motifs is 1. The Kier molecular flexibility index (Phi) is 9.55. The number of H-pyrrole nitrogens is 1. The first kappa shape index (κ1) is 25.9. The Morgan fingerprint density at radius 1 is 0.917 bits per heavy atom. The van der Waals surface area contributed by atoms with Crippen LogP contribution in [0.5, 0.6) is 0 Å². The van der Waals surface area contributed by atoms with E-state index in [1.165, 1.54) is 10.9 Å². The Labute approximate surface area is 222 Å². The van der Waals surface area contributed by atoms with E-state index in [9.17, 15) is 4.79 Å². The van der Waals surface area contributed by atoms with Crippen molar-refractivity contribution in [3.05, 3.63) is 101 Å². The van der Waals surface area contributed by atoms with Crippen LogP contribution in [-0.4, -0.2) is 29.6 Å². The lowest BCUT2D eigenvalue weighted by Gasteiger charge is -2.19. The first-order valence-electron chi connectivity index (χ1n) is 12.2. The predicted molar refractivity (Wildman–Crippen MR) is 153 cm³/mol. The van der Waals surface area contributed by atoms with Crippen LogP contribution in [0.3, 0.4) is 0 Å². The molecule has 0 saturated carbocycles. The van der Waals surface area contributed by atoms with Crippen LogP contribution in [0.4, 0.5) is 10.5 Å². The molecule has 1 aromatic heterocycles. The molecular weight excluding hydrogens is 490 g/mol. The summed E-state index contributed by atoms with van der Waals surface area (Å²) in [4.78, 5) is 15.4. The molecule has 3 aromatic carbocycles. The molecule has 0 radical (unpaired) electrons. The first-order chi connectivity index (χ1) is 17.6. The van der Waals surface area contributed by atoms with Crippen molar-refractivity contribution in [2.75, 3.05) is 18.4 Å². The average Bonchev–Trinajstić information content (AvgIpc) is 3.30. The van der Waals surface area contributed by atoms with Gasteiger partial charge in [-0.15, -0.1) is 12.6 Å². The van der Waals surface area contributed by atoms with Crippen LogP contribution in [0.2, 0.25) is 5.02 Å². The maximum atomic E-state index is 12.1. The quantitative estimate of drug-likeness (QED) is 0.0820. The molecule has 1 atom stereocenters. The molecule has 0 saturated heterocycles. The van der Waals surface area contributed by atoms with Gasteiger partial charge >= 0.3 is 6.03 Å². The van der Waals surface area contributed by atoms with Gasteiger partial charge in [0.1, 0.15) is 5.50 Å². The van der Waals surface area contributed by atoms with Gasteiger partial charge in [-0.05, 0) is 60.2 Å². The third-order valence-electron chi connectivity index (χ3n) is 5.97. The summed E-state index contributed by atoms with van der Waals surface area (Å²) in [7, 11) is 0. The van der Waals surface area contributed by atoms with Gasteiger partial charge in [-0.3, -0.25) is 5.32 Å². The number of urea groups is 1. The molecule has 5 N–H and O–H groups in total. The lowest BCUT2D eigenvalue weighted by molar-refractivity contribution is 0.240. The van der Waals surface area contributed by atoms with Crippen molar-refractivity contribution in [3.8, 4) is 0 Å². The zero-order valence-corrected chi connectivity index (χ0v) is 21.7. The van der Waals surface area contributed by atoms with Gasteiger partial charge in [0, 0.05) is 47.4 Å². The second kappa shape index (κ2) is 13.3. The number of nitrogens with one attached hydrogen (secondary N) is 5. The fourth-order valence-electron chi connectivity index (χ4n) is 4.11. The summed E-state index contributed by atoms with van der Waals surface area (Å²) in [5, 5.41) is 14.6. The highest BCUT2D eigenvalue weighted by atomic mass is 35.5. The van der Waals surface area contributed by atoms with Crippen LogP contribution in [0.1, 0.15) is 23.1 Å². The lowest BCUT2D eigenvalue weighted by atomic mass is 10.1. The maximum Gasteiger partial charge on any atom is 0.315 e. The number of benzene rings is 3. The molecule has 0 aliphatic carbocycles. The molecule has 0 spiro atoms. The minimum atomic E-state index is -0.211. The summed E-state index contributed by atoms with van der Waals surface area (Å²) in [6, 6.07) is 23.8. The summed E-state index contributed by atoms with van der Waals surface area (Å²) in [5.74, 6) is 0. The number of hydrogen-bond acceptors (Lipinski definition) is 4. The molecule has 0 bridgehead atoms. The Bertz CT molecular complexity index is 1260. The normalized spacial score (nSPS) is 11.8. The maximum absolute atomic E-state index is 12.1. The number of aromatic amines is 1. The Morgan fingerprint density at radius 2 is 1.72 bits per heavy atom. The summed E-state index contributed by atoms with van der Waals surface area (Å²) in [6.45, 7) is 1.86. The van der Waals surface area contributed by atoms with E-state index in [1.807, 2.05) is 54.6 Å². The number of aromatic nitrogens is 1. The van der Waals surface area contributed by atoms with Gasteiger partial charge in [-0.1, -0.05) is 60.1 Å². The monoisotopic (exact) mass is 521 g/mol. The number of hydrogen-bond donors (Lipinski definition) is 6. The van der Waals surface area contributed by atoms with Gasteiger partial charge in [0.05, 0.1) is 0 Å². The molecule has 36 heavy (non-hydrogen) atoms. The third kappa shape index (κ3) is 7.68. The van der Waals surface area contributed by atoms with Crippen molar-refractivity contribution in [3.63, 3.8) is 0 Å². The van der Waals surface area contributed by atoms with Crippen molar-refractivity contribution in [1.29, 1.82) is 0 Å². The lowest BCUT2D eigenvalue weighted by Crippen LogP contribution is -2.35. The average molecular weight is 522 g/mol. The van der Waals surface area contributed by atoms with Crippen molar-refractivity contribution >= 4 is 46.9 Å². The Balaban J connectivity index is 1.20. The minimum absolute atomic E-state index is 0.168. The second-order valence-corrected chi connectivity index (χ2v) is 9.56. The molecule has 0 aliphatic rings. The van der Waals surface area contributed by atoms with Crippen LogP contribution >= 0.6 is 24.2 Å². The van der Waals surface area contributed by atoms with E-state index in [1.54, 1.807) is 0 Å². The van der Waals surface area contributed by atoms with Crippen molar-refractivity contribution < 1.29 is 4.79 Å². The molecule has 0 aliphatic heterocycles. The smallest absolute Gasteiger partial charge is 0.315 e. The van der Waals surface area contributed by atoms with Crippen LogP contribution in [-0.2, 0) is 19.4 Å². The molecule has 2 amide bonds. The summed E-state index contributed by atoms with van der Waals surface area (Å²) in [5.41, 5.74) is 5.36.